The molecule has 12 nitrogen and oxygen atoms in total. The lowest BCUT2D eigenvalue weighted by molar-refractivity contribution is -0.111. The molecule has 2 aromatic heterocycles. The minimum Gasteiger partial charge on any atom is -0.494 e. The van der Waals surface area contributed by atoms with E-state index in [9.17, 15) is 13.2 Å². The van der Waals surface area contributed by atoms with E-state index in [2.05, 4.69) is 45.1 Å². The molecule has 13 heteroatoms. The van der Waals surface area contributed by atoms with Crippen molar-refractivity contribution in [3.05, 3.63) is 67.5 Å². The average Bonchev–Trinajstić information content (AvgIpc) is 3.25. The van der Waals surface area contributed by atoms with Gasteiger partial charge in [0.15, 0.2) is 0 Å². The van der Waals surface area contributed by atoms with Crippen LogP contribution in [0.2, 0.25) is 0 Å². The quantitative estimate of drug-likeness (QED) is 0.185. The predicted molar refractivity (Wildman–Crippen MR) is 161 cm³/mol. The van der Waals surface area contributed by atoms with Crippen molar-refractivity contribution in [2.75, 3.05) is 51.2 Å². The van der Waals surface area contributed by atoms with Crippen LogP contribution in [-0.4, -0.2) is 78.9 Å². The van der Waals surface area contributed by atoms with Crippen LogP contribution in [0.1, 0.15) is 0 Å². The molecule has 3 N–H and O–H groups in total. The number of aryl methyl sites for hydroxylation is 1. The fourth-order valence-electron chi connectivity index (χ4n) is 3.80. The lowest BCUT2D eigenvalue weighted by Crippen LogP contribution is -2.20. The number of para-hydroxylation sites is 1. The van der Waals surface area contributed by atoms with E-state index >= 15 is 0 Å². The van der Waals surface area contributed by atoms with Gasteiger partial charge >= 0.3 is 0 Å². The Bertz CT molecular complexity index is 1630. The van der Waals surface area contributed by atoms with E-state index in [1.165, 1.54) is 6.08 Å². The Morgan fingerprint density at radius 3 is 2.54 bits per heavy atom. The molecule has 0 saturated carbocycles. The fraction of sp³-hybridized carbons (Fsp3) is 0.250. The number of carbonyl (C=O) groups excluding carboxylic acids is 1. The molecular weight excluding hydrogens is 548 g/mol. The summed E-state index contributed by atoms with van der Waals surface area (Å²) in [6, 6.07) is 13.5. The smallest absolute Gasteiger partial charge is 0.261 e. The van der Waals surface area contributed by atoms with E-state index in [1.807, 2.05) is 44.2 Å². The summed E-state index contributed by atoms with van der Waals surface area (Å²) in [5.41, 5.74) is 3.97. The van der Waals surface area contributed by atoms with Crippen LogP contribution in [0.5, 0.6) is 11.5 Å². The van der Waals surface area contributed by atoms with Gasteiger partial charge in [0.1, 0.15) is 18.1 Å². The first-order chi connectivity index (χ1) is 19.4. The average molecular weight is 583 g/mol. The maximum absolute atomic E-state index is 12.1. The number of hydrogen-bond acceptors (Lipinski definition) is 9. The highest BCUT2D eigenvalue weighted by Crippen LogP contribution is 2.38. The van der Waals surface area contributed by atoms with Crippen molar-refractivity contribution < 1.29 is 27.2 Å². The maximum Gasteiger partial charge on any atom is 0.261 e. The number of ether oxygens (including phenoxy) is 2. The van der Waals surface area contributed by atoms with Gasteiger partial charge in [-0.2, -0.15) is 8.42 Å². The number of hydrogen-bond donors (Lipinski definition) is 3. The second-order valence-electron chi connectivity index (χ2n) is 9.19. The van der Waals surface area contributed by atoms with Gasteiger partial charge in [-0.15, -0.1) is 0 Å². The predicted octanol–water partition coefficient (Wildman–Crippen LogP) is 3.96. The molecule has 1 amide bonds. The van der Waals surface area contributed by atoms with Gasteiger partial charge in [-0.25, -0.2) is 9.97 Å². The number of nitrogens with one attached hydrogen (secondary N) is 2. The Balaban J connectivity index is 0.000000850. The minimum atomic E-state index is -3.67. The number of rotatable bonds is 10. The van der Waals surface area contributed by atoms with Crippen molar-refractivity contribution in [3.63, 3.8) is 0 Å². The molecule has 0 atom stereocenters. The van der Waals surface area contributed by atoms with Crippen LogP contribution in [0.25, 0.3) is 22.2 Å². The standard InChI is InChI=1S/C27H30N6O3.CH4O3S/c1-6-26(34)29-22-15-21(24(35-5)16-25(22)36-14-13-32(2)3)31-27-28-12-11-20(30-27)19-17-33(4)23-10-8-7-9-18(19)23;1-5(2,3)4/h6-12,15-17H,1,13-14H2,2-5H3,(H,29,34)(H,28,30,31);1H3,(H,2,3,4). The number of anilines is 3. The molecule has 2 heterocycles. The molecule has 4 rings (SSSR count). The van der Waals surface area contributed by atoms with Crippen molar-refractivity contribution in [3.8, 4) is 22.8 Å². The zero-order valence-electron chi connectivity index (χ0n) is 23.6. The second kappa shape index (κ2) is 13.7. The summed E-state index contributed by atoms with van der Waals surface area (Å²) in [5.74, 6) is 1.05. The van der Waals surface area contributed by atoms with Gasteiger partial charge in [0, 0.05) is 48.5 Å². The molecule has 0 aliphatic heterocycles. The molecule has 0 saturated heterocycles. The molecular formula is C28H34N6O6S. The molecule has 0 unspecified atom stereocenters. The number of fused-ring (bicyclic) bond motifs is 1. The number of aromatic nitrogens is 3. The van der Waals surface area contributed by atoms with Gasteiger partial charge < -0.3 is 29.6 Å². The molecule has 0 radical (unpaired) electrons. The van der Waals surface area contributed by atoms with Crippen LogP contribution in [0, 0.1) is 0 Å². The normalized spacial score (nSPS) is 11.0. The molecule has 0 aliphatic rings. The summed E-state index contributed by atoms with van der Waals surface area (Å²) >= 11 is 0. The van der Waals surface area contributed by atoms with Crippen LogP contribution in [-0.2, 0) is 22.0 Å². The highest BCUT2D eigenvalue weighted by molar-refractivity contribution is 7.85. The van der Waals surface area contributed by atoms with Crippen LogP contribution in [0.15, 0.2) is 67.5 Å². The fourth-order valence-corrected chi connectivity index (χ4v) is 3.80. The first kappa shape index (κ1) is 31.1. The van der Waals surface area contributed by atoms with Gasteiger partial charge in [-0.05, 0) is 38.4 Å². The maximum atomic E-state index is 12.1. The summed E-state index contributed by atoms with van der Waals surface area (Å²) in [5, 5.41) is 7.14. The Labute approximate surface area is 239 Å². The summed E-state index contributed by atoms with van der Waals surface area (Å²) < 4.78 is 39.5. The van der Waals surface area contributed by atoms with Gasteiger partial charge in [0.2, 0.25) is 11.9 Å². The van der Waals surface area contributed by atoms with E-state index in [-0.39, 0.29) is 5.91 Å². The Hall–Kier alpha value is -4.46. The number of amides is 1. The molecule has 0 fully saturated rings. The zero-order valence-corrected chi connectivity index (χ0v) is 24.4. The van der Waals surface area contributed by atoms with Crippen LogP contribution in [0.4, 0.5) is 17.3 Å². The molecule has 0 spiro atoms. The van der Waals surface area contributed by atoms with E-state index in [0.717, 1.165) is 22.2 Å². The van der Waals surface area contributed by atoms with Crippen LogP contribution in [0.3, 0.4) is 0 Å². The third kappa shape index (κ3) is 9.03. The summed E-state index contributed by atoms with van der Waals surface area (Å²) in [6.45, 7) is 4.69. The first-order valence-electron chi connectivity index (χ1n) is 12.4. The number of carbonyl (C=O) groups is 1. The molecule has 218 valence electrons. The lowest BCUT2D eigenvalue weighted by Gasteiger charge is -2.18. The van der Waals surface area contributed by atoms with E-state index in [4.69, 9.17) is 19.0 Å². The van der Waals surface area contributed by atoms with E-state index < -0.39 is 10.1 Å². The van der Waals surface area contributed by atoms with Crippen molar-refractivity contribution in [1.29, 1.82) is 0 Å². The largest absolute Gasteiger partial charge is 0.494 e. The zero-order chi connectivity index (χ0) is 30.2. The summed E-state index contributed by atoms with van der Waals surface area (Å²) in [4.78, 5) is 23.2. The SMILES string of the molecule is C=CC(=O)Nc1cc(Nc2nccc(-c3cn(C)c4ccccc34)n2)c(OC)cc1OCCN(C)C.CS(=O)(=O)O. The lowest BCUT2D eigenvalue weighted by atomic mass is 10.1. The second-order valence-corrected chi connectivity index (χ2v) is 10.7. The first-order valence-corrected chi connectivity index (χ1v) is 14.2. The Kier molecular flexibility index (Phi) is 10.4. The topological polar surface area (TPSA) is 148 Å². The minimum absolute atomic E-state index is 0.349. The van der Waals surface area contributed by atoms with Crippen LogP contribution < -0.4 is 20.1 Å². The van der Waals surface area contributed by atoms with Crippen molar-refractivity contribution in [1.82, 2.24) is 19.4 Å². The third-order valence-corrected chi connectivity index (χ3v) is 5.62. The third-order valence-electron chi connectivity index (χ3n) is 5.62. The van der Waals surface area contributed by atoms with Gasteiger partial charge in [-0.3, -0.25) is 9.35 Å². The van der Waals surface area contributed by atoms with E-state index in [0.29, 0.717) is 48.2 Å². The number of nitrogens with zero attached hydrogens (tertiary/aromatic N) is 4. The van der Waals surface area contributed by atoms with Gasteiger partial charge in [0.05, 0.1) is 30.4 Å². The monoisotopic (exact) mass is 582 g/mol. The summed E-state index contributed by atoms with van der Waals surface area (Å²) in [6.07, 6.45) is 5.68. The number of methoxy groups -OCH3 is 1. The van der Waals surface area contributed by atoms with Gasteiger partial charge in [-0.1, -0.05) is 24.8 Å². The molecule has 0 bridgehead atoms. The Morgan fingerprint density at radius 2 is 1.88 bits per heavy atom. The number of benzene rings is 2. The van der Waals surface area contributed by atoms with Gasteiger partial charge in [0.25, 0.3) is 10.1 Å². The highest BCUT2D eigenvalue weighted by Gasteiger charge is 2.16. The molecule has 4 aromatic rings. The van der Waals surface area contributed by atoms with Crippen molar-refractivity contribution >= 4 is 44.3 Å². The highest BCUT2D eigenvalue weighted by atomic mass is 32.2. The Morgan fingerprint density at radius 1 is 1.17 bits per heavy atom. The number of likely N-dealkylation sites (N-methyl/N-ethyl adjacent to an activating group) is 1. The van der Waals surface area contributed by atoms with Crippen LogP contribution >= 0.6 is 0 Å². The molecule has 0 aliphatic carbocycles. The van der Waals surface area contributed by atoms with Crippen molar-refractivity contribution in [2.45, 2.75) is 0 Å². The summed E-state index contributed by atoms with van der Waals surface area (Å²) in [7, 11) is 3.84. The van der Waals surface area contributed by atoms with E-state index in [1.54, 1.807) is 25.4 Å². The molecule has 41 heavy (non-hydrogen) atoms. The molecule has 2 aromatic carbocycles. The van der Waals surface area contributed by atoms with Crippen molar-refractivity contribution in [2.24, 2.45) is 7.05 Å².